The summed E-state index contributed by atoms with van der Waals surface area (Å²) in [6, 6.07) is 14.5. The number of hydrogen-bond donors (Lipinski definition) is 2. The minimum atomic E-state index is 0.0402. The van der Waals surface area contributed by atoms with Crippen molar-refractivity contribution in [2.75, 3.05) is 24.2 Å². The second-order valence-electron chi connectivity index (χ2n) is 5.79. The summed E-state index contributed by atoms with van der Waals surface area (Å²) in [7, 11) is 0. The molecule has 2 N–H and O–H groups in total. The quantitative estimate of drug-likeness (QED) is 0.781. The van der Waals surface area contributed by atoms with Gasteiger partial charge in [0.2, 0.25) is 0 Å². The Morgan fingerprint density at radius 2 is 2.25 bits per heavy atom. The van der Waals surface area contributed by atoms with E-state index in [1.165, 1.54) is 28.0 Å². The number of likely N-dealkylation sites (tertiary alicyclic amines) is 1. The maximum Gasteiger partial charge on any atom is 0.279 e. The van der Waals surface area contributed by atoms with Crippen molar-refractivity contribution in [2.45, 2.75) is 23.8 Å². The van der Waals surface area contributed by atoms with Gasteiger partial charge in [-0.3, -0.25) is 4.79 Å². The minimum absolute atomic E-state index is 0.0402. The number of thiophene rings is 1. The first-order valence-corrected chi connectivity index (χ1v) is 9.91. The molecular weight excluding hydrogens is 338 g/mol. The first-order chi connectivity index (χ1) is 11.8. The molecule has 1 unspecified atom stereocenters. The van der Waals surface area contributed by atoms with Crippen molar-refractivity contribution < 1.29 is 9.69 Å². The molecule has 3 rings (SSSR count). The van der Waals surface area contributed by atoms with E-state index in [0.29, 0.717) is 18.3 Å². The van der Waals surface area contributed by atoms with Crippen LogP contribution in [0.1, 0.15) is 23.8 Å². The van der Waals surface area contributed by atoms with Gasteiger partial charge in [-0.2, -0.15) is 5.26 Å². The van der Waals surface area contributed by atoms with Gasteiger partial charge in [0.1, 0.15) is 6.04 Å². The maximum atomic E-state index is 12.5. The summed E-state index contributed by atoms with van der Waals surface area (Å²) in [6.45, 7) is 1.53. The van der Waals surface area contributed by atoms with Gasteiger partial charge in [-0.1, -0.05) is 18.2 Å². The number of benzene rings is 1. The van der Waals surface area contributed by atoms with Crippen molar-refractivity contribution in [3.8, 4) is 6.07 Å². The number of carbonyl (C=O) groups excluding carboxylic acids is 1. The highest BCUT2D eigenvalue weighted by Crippen LogP contribution is 2.26. The number of amides is 1. The molecule has 0 bridgehead atoms. The van der Waals surface area contributed by atoms with Gasteiger partial charge < -0.3 is 10.2 Å². The molecule has 0 radical (unpaired) electrons. The molecule has 124 valence electrons. The number of rotatable bonds is 6. The summed E-state index contributed by atoms with van der Waals surface area (Å²) in [5, 5.41) is 13.9. The number of hydrogen-bond acceptors (Lipinski definition) is 4. The predicted molar refractivity (Wildman–Crippen MR) is 98.4 cm³/mol. The molecule has 2 aromatic rings. The molecule has 1 aromatic heterocycles. The van der Waals surface area contributed by atoms with E-state index in [2.05, 4.69) is 28.9 Å². The van der Waals surface area contributed by atoms with Crippen LogP contribution in [0.5, 0.6) is 0 Å². The van der Waals surface area contributed by atoms with Gasteiger partial charge in [-0.05, 0) is 23.6 Å². The highest BCUT2D eigenvalue weighted by atomic mass is 32.2. The fraction of sp³-hybridized carbons (Fsp3) is 0.333. The summed E-state index contributed by atoms with van der Waals surface area (Å²) in [5.74, 6) is 0.420. The fourth-order valence-corrected chi connectivity index (χ4v) is 4.75. The number of nitrogens with zero attached hydrogens (tertiary/aromatic N) is 1. The molecule has 6 heteroatoms. The first kappa shape index (κ1) is 17.0. The van der Waals surface area contributed by atoms with Crippen LogP contribution in [0.25, 0.3) is 0 Å². The molecule has 4 nitrogen and oxygen atoms in total. The van der Waals surface area contributed by atoms with E-state index < -0.39 is 0 Å². The van der Waals surface area contributed by atoms with Crippen molar-refractivity contribution in [2.24, 2.45) is 0 Å². The van der Waals surface area contributed by atoms with Gasteiger partial charge in [0.05, 0.1) is 28.9 Å². The average molecular weight is 359 g/mol. The Morgan fingerprint density at radius 3 is 3.04 bits per heavy atom. The summed E-state index contributed by atoms with van der Waals surface area (Å²) in [5.41, 5.74) is 0.800. The third-order valence-corrected chi connectivity index (χ3v) is 6.14. The SMILES string of the molecule is N#CCSc1ccccc1NC(=O)C[NH+]1CCC[C@H]1c1cccs1. The molecule has 0 saturated carbocycles. The maximum absolute atomic E-state index is 12.5. The first-order valence-electron chi connectivity index (χ1n) is 8.04. The zero-order valence-electron chi connectivity index (χ0n) is 13.3. The molecular formula is C18H20N3OS2+. The summed E-state index contributed by atoms with van der Waals surface area (Å²) in [4.78, 5) is 16.2. The van der Waals surface area contributed by atoms with Crippen LogP contribution in [0.3, 0.4) is 0 Å². The van der Waals surface area contributed by atoms with Gasteiger partial charge in [-0.25, -0.2) is 0 Å². The van der Waals surface area contributed by atoms with Crippen molar-refractivity contribution in [1.29, 1.82) is 5.26 Å². The predicted octanol–water partition coefficient (Wildman–Crippen LogP) is 2.72. The van der Waals surface area contributed by atoms with Gasteiger partial charge in [0, 0.05) is 17.7 Å². The van der Waals surface area contributed by atoms with Gasteiger partial charge in [0.15, 0.2) is 6.54 Å². The Morgan fingerprint density at radius 1 is 1.38 bits per heavy atom. The van der Waals surface area contributed by atoms with Crippen molar-refractivity contribution in [3.05, 3.63) is 46.7 Å². The minimum Gasteiger partial charge on any atom is -0.320 e. The molecule has 1 aromatic carbocycles. The van der Waals surface area contributed by atoms with Crippen LogP contribution in [0.2, 0.25) is 0 Å². The molecule has 2 atom stereocenters. The van der Waals surface area contributed by atoms with E-state index in [1.807, 2.05) is 24.3 Å². The van der Waals surface area contributed by atoms with Gasteiger partial charge in [-0.15, -0.1) is 23.1 Å². The van der Waals surface area contributed by atoms with Crippen molar-refractivity contribution in [1.82, 2.24) is 0 Å². The average Bonchev–Trinajstić information content (AvgIpc) is 3.25. The van der Waals surface area contributed by atoms with E-state index in [4.69, 9.17) is 5.26 Å². The third-order valence-electron chi connectivity index (χ3n) is 4.21. The van der Waals surface area contributed by atoms with Crippen LogP contribution >= 0.6 is 23.1 Å². The van der Waals surface area contributed by atoms with Crippen LogP contribution in [0.15, 0.2) is 46.7 Å². The lowest BCUT2D eigenvalue weighted by atomic mass is 10.2. The van der Waals surface area contributed by atoms with E-state index >= 15 is 0 Å². The summed E-state index contributed by atoms with van der Waals surface area (Å²) < 4.78 is 0. The summed E-state index contributed by atoms with van der Waals surface area (Å²) >= 11 is 3.23. The highest BCUT2D eigenvalue weighted by molar-refractivity contribution is 7.99. The van der Waals surface area contributed by atoms with E-state index in [0.717, 1.165) is 23.5 Å². The largest absolute Gasteiger partial charge is 0.320 e. The lowest BCUT2D eigenvalue weighted by molar-refractivity contribution is -0.910. The molecule has 2 heterocycles. The molecule has 1 aliphatic heterocycles. The summed E-state index contributed by atoms with van der Waals surface area (Å²) in [6.07, 6.45) is 2.32. The van der Waals surface area contributed by atoms with Crippen LogP contribution in [-0.4, -0.2) is 24.7 Å². The number of anilines is 1. The smallest absolute Gasteiger partial charge is 0.279 e. The number of carbonyl (C=O) groups is 1. The molecule has 1 fully saturated rings. The van der Waals surface area contributed by atoms with Crippen LogP contribution in [0, 0.1) is 11.3 Å². The second-order valence-corrected chi connectivity index (χ2v) is 7.78. The Hall–Kier alpha value is -1.81. The normalized spacial score (nSPS) is 19.8. The zero-order valence-corrected chi connectivity index (χ0v) is 15.0. The van der Waals surface area contributed by atoms with Crippen molar-refractivity contribution >= 4 is 34.7 Å². The van der Waals surface area contributed by atoms with Crippen molar-refractivity contribution in [3.63, 3.8) is 0 Å². The topological polar surface area (TPSA) is 57.3 Å². The molecule has 24 heavy (non-hydrogen) atoms. The van der Waals surface area contributed by atoms with E-state index in [9.17, 15) is 4.79 Å². The van der Waals surface area contributed by atoms with Gasteiger partial charge >= 0.3 is 0 Å². The molecule has 1 aliphatic rings. The molecule has 1 amide bonds. The Labute approximate surface area is 150 Å². The number of nitrogens with one attached hydrogen (secondary N) is 2. The number of quaternary nitrogens is 1. The zero-order chi connectivity index (χ0) is 16.8. The van der Waals surface area contributed by atoms with Crippen LogP contribution in [-0.2, 0) is 4.79 Å². The Bertz CT molecular complexity index is 724. The standard InChI is InChI=1S/C18H19N3OS2/c19-9-12-24-16-7-2-1-5-14(16)20-18(22)13-21-10-3-6-15(21)17-8-4-11-23-17/h1-2,4-5,7-8,11,15H,3,6,10,12-13H2,(H,20,22)/p+1/t15-/m0/s1. The second kappa shape index (κ2) is 8.34. The highest BCUT2D eigenvalue weighted by Gasteiger charge is 2.32. The van der Waals surface area contributed by atoms with Gasteiger partial charge in [0.25, 0.3) is 5.91 Å². The third kappa shape index (κ3) is 4.18. The molecule has 1 saturated heterocycles. The molecule has 0 aliphatic carbocycles. The Balaban J connectivity index is 1.63. The molecule has 0 spiro atoms. The fourth-order valence-electron chi connectivity index (χ4n) is 3.16. The van der Waals surface area contributed by atoms with Crippen LogP contribution < -0.4 is 10.2 Å². The number of nitriles is 1. The monoisotopic (exact) mass is 358 g/mol. The van der Waals surface area contributed by atoms with E-state index in [1.54, 1.807) is 11.3 Å². The lowest BCUT2D eigenvalue weighted by Crippen LogP contribution is -3.11. The number of thioether (sulfide) groups is 1. The van der Waals surface area contributed by atoms with E-state index in [-0.39, 0.29) is 5.91 Å². The lowest BCUT2D eigenvalue weighted by Gasteiger charge is -2.20. The number of para-hydroxylation sites is 1. The van der Waals surface area contributed by atoms with Crippen LogP contribution in [0.4, 0.5) is 5.69 Å². The Kier molecular flexibility index (Phi) is 5.91.